The lowest BCUT2D eigenvalue weighted by atomic mass is 10.1. The van der Waals surface area contributed by atoms with E-state index in [0.717, 1.165) is 0 Å². The predicted molar refractivity (Wildman–Crippen MR) is 122 cm³/mol. The van der Waals surface area contributed by atoms with Crippen LogP contribution in [0.2, 0.25) is 5.02 Å². The molecule has 3 aromatic carbocycles. The molecule has 0 bridgehead atoms. The molecular weight excluding hydrogens is 438 g/mol. The number of benzene rings is 3. The number of methoxy groups -OCH3 is 3. The van der Waals surface area contributed by atoms with Crippen molar-refractivity contribution in [2.24, 2.45) is 0 Å². The number of hydrogen-bond donors (Lipinski definition) is 0. The van der Waals surface area contributed by atoms with Crippen LogP contribution in [0.25, 0.3) is 0 Å². The summed E-state index contributed by atoms with van der Waals surface area (Å²) in [5.74, 6) is 1.68. The van der Waals surface area contributed by atoms with Crippen LogP contribution in [0.4, 0.5) is 5.69 Å². The van der Waals surface area contributed by atoms with Crippen molar-refractivity contribution in [3.05, 3.63) is 77.3 Å². The van der Waals surface area contributed by atoms with Crippen LogP contribution in [0.1, 0.15) is 18.5 Å². The molecule has 0 radical (unpaired) electrons. The van der Waals surface area contributed by atoms with Crippen LogP contribution < -0.4 is 18.5 Å². The van der Waals surface area contributed by atoms with Gasteiger partial charge in [0.15, 0.2) is 0 Å². The van der Waals surface area contributed by atoms with Gasteiger partial charge in [-0.1, -0.05) is 17.7 Å². The third kappa shape index (κ3) is 4.73. The highest BCUT2D eigenvalue weighted by Gasteiger charge is 2.32. The zero-order valence-electron chi connectivity index (χ0n) is 17.7. The van der Waals surface area contributed by atoms with E-state index in [9.17, 15) is 8.42 Å². The zero-order chi connectivity index (χ0) is 22.6. The summed E-state index contributed by atoms with van der Waals surface area (Å²) >= 11 is 5.97. The lowest BCUT2D eigenvalue weighted by Gasteiger charge is -2.32. The molecule has 0 aromatic heterocycles. The highest BCUT2D eigenvalue weighted by atomic mass is 35.5. The molecule has 0 saturated carbocycles. The topological polar surface area (TPSA) is 65.1 Å². The summed E-state index contributed by atoms with van der Waals surface area (Å²) in [7, 11) is 0.668. The average molecular weight is 462 g/mol. The number of anilines is 1. The van der Waals surface area contributed by atoms with Crippen molar-refractivity contribution in [3.63, 3.8) is 0 Å². The first-order chi connectivity index (χ1) is 14.8. The molecule has 0 heterocycles. The molecule has 0 aliphatic carbocycles. The van der Waals surface area contributed by atoms with Crippen molar-refractivity contribution >= 4 is 27.3 Å². The first-order valence-corrected chi connectivity index (χ1v) is 11.3. The Hall–Kier alpha value is -2.90. The molecular formula is C23H24ClNO5S. The second-order valence-corrected chi connectivity index (χ2v) is 8.99. The summed E-state index contributed by atoms with van der Waals surface area (Å²) in [6.45, 7) is 1.80. The molecule has 0 amide bonds. The lowest BCUT2D eigenvalue weighted by molar-refractivity contribution is 0.396. The molecule has 0 spiro atoms. The van der Waals surface area contributed by atoms with Crippen LogP contribution in [-0.4, -0.2) is 29.7 Å². The summed E-state index contributed by atoms with van der Waals surface area (Å²) in [6.07, 6.45) is 0. The fourth-order valence-electron chi connectivity index (χ4n) is 3.33. The van der Waals surface area contributed by atoms with E-state index in [0.29, 0.717) is 33.5 Å². The minimum absolute atomic E-state index is 0.119. The first kappa shape index (κ1) is 22.8. The molecule has 0 aliphatic rings. The standard InChI is InChI=1S/C23H24ClNO5S/c1-16(22-15-20(29-3)10-13-23(22)30-4)25(18-6-5-7-19(14-18)28-2)31(26,27)21-11-8-17(24)9-12-21/h5-16H,1-4H3/t16-/m1/s1. The molecule has 3 aromatic rings. The molecule has 0 saturated heterocycles. The Balaban J connectivity index is 2.22. The second-order valence-electron chi connectivity index (χ2n) is 6.74. The molecule has 0 N–H and O–H groups in total. The van der Waals surface area contributed by atoms with Gasteiger partial charge in [-0.3, -0.25) is 4.31 Å². The maximum absolute atomic E-state index is 13.8. The van der Waals surface area contributed by atoms with Gasteiger partial charge < -0.3 is 14.2 Å². The highest BCUT2D eigenvalue weighted by molar-refractivity contribution is 7.92. The van der Waals surface area contributed by atoms with Crippen LogP contribution in [0.15, 0.2) is 71.6 Å². The molecule has 164 valence electrons. The Morgan fingerprint density at radius 3 is 2.10 bits per heavy atom. The van der Waals surface area contributed by atoms with Crippen molar-refractivity contribution in [1.29, 1.82) is 0 Å². The largest absolute Gasteiger partial charge is 0.497 e. The number of nitrogens with zero attached hydrogens (tertiary/aromatic N) is 1. The number of halogens is 1. The summed E-state index contributed by atoms with van der Waals surface area (Å²) in [5.41, 5.74) is 1.11. The maximum Gasteiger partial charge on any atom is 0.264 e. The Labute approximate surface area is 188 Å². The van der Waals surface area contributed by atoms with E-state index in [1.165, 1.54) is 23.5 Å². The van der Waals surface area contributed by atoms with Crippen LogP contribution in [0.5, 0.6) is 17.2 Å². The predicted octanol–water partition coefficient (Wildman–Crippen LogP) is 5.32. The van der Waals surface area contributed by atoms with E-state index in [2.05, 4.69) is 0 Å². The van der Waals surface area contributed by atoms with Gasteiger partial charge >= 0.3 is 0 Å². The van der Waals surface area contributed by atoms with Crippen LogP contribution in [-0.2, 0) is 10.0 Å². The monoisotopic (exact) mass is 461 g/mol. The zero-order valence-corrected chi connectivity index (χ0v) is 19.3. The van der Waals surface area contributed by atoms with Crippen molar-refractivity contribution in [1.82, 2.24) is 0 Å². The number of rotatable bonds is 8. The van der Waals surface area contributed by atoms with Gasteiger partial charge in [0.2, 0.25) is 0 Å². The van der Waals surface area contributed by atoms with E-state index < -0.39 is 16.1 Å². The van der Waals surface area contributed by atoms with E-state index in [4.69, 9.17) is 25.8 Å². The molecule has 8 heteroatoms. The van der Waals surface area contributed by atoms with Gasteiger partial charge in [0.05, 0.1) is 38.0 Å². The molecule has 6 nitrogen and oxygen atoms in total. The fourth-order valence-corrected chi connectivity index (χ4v) is 5.08. The number of hydrogen-bond acceptors (Lipinski definition) is 5. The van der Waals surface area contributed by atoms with Crippen LogP contribution >= 0.6 is 11.6 Å². The van der Waals surface area contributed by atoms with Gasteiger partial charge in [-0.15, -0.1) is 0 Å². The van der Waals surface area contributed by atoms with Crippen molar-refractivity contribution < 1.29 is 22.6 Å². The van der Waals surface area contributed by atoms with E-state index in [-0.39, 0.29) is 4.90 Å². The Bertz CT molecular complexity index is 1150. The minimum atomic E-state index is -3.97. The van der Waals surface area contributed by atoms with Crippen molar-refractivity contribution in [3.8, 4) is 17.2 Å². The van der Waals surface area contributed by atoms with Gasteiger partial charge in [0.1, 0.15) is 17.2 Å². The SMILES string of the molecule is COc1cccc(N([C@H](C)c2cc(OC)ccc2OC)S(=O)(=O)c2ccc(Cl)cc2)c1. The average Bonchev–Trinajstić information content (AvgIpc) is 2.78. The van der Waals surface area contributed by atoms with E-state index >= 15 is 0 Å². The maximum atomic E-state index is 13.8. The number of sulfonamides is 1. The van der Waals surface area contributed by atoms with Crippen LogP contribution in [0, 0.1) is 0 Å². The van der Waals surface area contributed by atoms with Gasteiger partial charge in [-0.05, 0) is 61.5 Å². The van der Waals surface area contributed by atoms with E-state index in [1.54, 1.807) is 75.7 Å². The fraction of sp³-hybridized carbons (Fsp3) is 0.217. The summed E-state index contributed by atoms with van der Waals surface area (Å²) in [6, 6.07) is 17.6. The molecule has 31 heavy (non-hydrogen) atoms. The molecule has 0 fully saturated rings. The van der Waals surface area contributed by atoms with Gasteiger partial charge in [-0.25, -0.2) is 8.42 Å². The molecule has 0 unspecified atom stereocenters. The van der Waals surface area contributed by atoms with Crippen molar-refractivity contribution in [2.75, 3.05) is 25.6 Å². The third-order valence-electron chi connectivity index (χ3n) is 4.92. The second kappa shape index (κ2) is 9.49. The van der Waals surface area contributed by atoms with Crippen LogP contribution in [0.3, 0.4) is 0 Å². The smallest absolute Gasteiger partial charge is 0.264 e. The summed E-state index contributed by atoms with van der Waals surface area (Å²) < 4.78 is 45.1. The summed E-state index contributed by atoms with van der Waals surface area (Å²) in [5, 5.41) is 0.453. The molecule has 0 aliphatic heterocycles. The summed E-state index contributed by atoms with van der Waals surface area (Å²) in [4.78, 5) is 0.119. The Kier molecular flexibility index (Phi) is 6.97. The first-order valence-electron chi connectivity index (χ1n) is 9.47. The molecule has 3 rings (SSSR count). The normalized spacial score (nSPS) is 12.2. The Morgan fingerprint density at radius 1 is 0.839 bits per heavy atom. The Morgan fingerprint density at radius 2 is 1.48 bits per heavy atom. The third-order valence-corrected chi connectivity index (χ3v) is 7.08. The lowest BCUT2D eigenvalue weighted by Crippen LogP contribution is -2.34. The minimum Gasteiger partial charge on any atom is -0.497 e. The van der Waals surface area contributed by atoms with Crippen molar-refractivity contribution in [2.45, 2.75) is 17.9 Å². The van der Waals surface area contributed by atoms with E-state index in [1.807, 2.05) is 0 Å². The number of ether oxygens (including phenoxy) is 3. The highest BCUT2D eigenvalue weighted by Crippen LogP contribution is 2.39. The van der Waals surface area contributed by atoms with Gasteiger partial charge in [-0.2, -0.15) is 0 Å². The van der Waals surface area contributed by atoms with Gasteiger partial charge in [0.25, 0.3) is 10.0 Å². The molecule has 1 atom stereocenters. The van der Waals surface area contributed by atoms with Gasteiger partial charge in [0, 0.05) is 16.7 Å². The quantitative estimate of drug-likeness (QED) is 0.454.